The minimum Gasteiger partial charge on any atom is -0.504 e. The number of nitrogens with one attached hydrogen (secondary N) is 2. The fourth-order valence-corrected chi connectivity index (χ4v) is 2.53. The summed E-state index contributed by atoms with van der Waals surface area (Å²) in [5.74, 6) is -0.788. The molecule has 0 bridgehead atoms. The zero-order chi connectivity index (χ0) is 20.5. The molecule has 0 aliphatic rings. The molecule has 28 heavy (non-hydrogen) atoms. The Morgan fingerprint density at radius 2 is 2.04 bits per heavy atom. The molecule has 2 amide bonds. The van der Waals surface area contributed by atoms with E-state index in [9.17, 15) is 14.7 Å². The Kier molecular flexibility index (Phi) is 7.59. The highest BCUT2D eigenvalue weighted by atomic mass is 35.5. The van der Waals surface area contributed by atoms with Crippen LogP contribution in [0.2, 0.25) is 5.02 Å². The maximum absolute atomic E-state index is 11.9. The highest BCUT2D eigenvalue weighted by molar-refractivity contribution is 6.33. The van der Waals surface area contributed by atoms with Gasteiger partial charge >= 0.3 is 0 Å². The zero-order valence-corrected chi connectivity index (χ0v) is 16.0. The lowest BCUT2D eigenvalue weighted by molar-refractivity contribution is -0.126. The first-order chi connectivity index (χ1) is 13.4. The highest BCUT2D eigenvalue weighted by Gasteiger charge is 2.11. The molecule has 0 radical (unpaired) electrons. The molecule has 0 atom stereocenters. The summed E-state index contributed by atoms with van der Waals surface area (Å²) in [6.45, 7) is 3.64. The standard InChI is InChI=1S/C20H20ClN3O4/c1-3-6-14-9-13(10-17(28-2)20(14)27)12-22-24-19(26)11-18(25)23-16-8-5-4-7-15(16)21/h3-5,7-10,12,27H,1,6,11H2,2H3,(H,23,25)(H,24,26)/b22-12+. The van der Waals surface area contributed by atoms with E-state index >= 15 is 0 Å². The van der Waals surface area contributed by atoms with Crippen molar-refractivity contribution in [2.75, 3.05) is 12.4 Å². The number of aromatic hydroxyl groups is 1. The number of ether oxygens (including phenoxy) is 1. The topological polar surface area (TPSA) is 100 Å². The molecule has 2 rings (SSSR count). The van der Waals surface area contributed by atoms with E-state index in [1.807, 2.05) is 0 Å². The number of rotatable bonds is 8. The van der Waals surface area contributed by atoms with Gasteiger partial charge in [-0.1, -0.05) is 29.8 Å². The lowest BCUT2D eigenvalue weighted by Crippen LogP contribution is -2.24. The van der Waals surface area contributed by atoms with Gasteiger partial charge in [0.1, 0.15) is 6.42 Å². The number of para-hydroxylation sites is 1. The Morgan fingerprint density at radius 1 is 1.29 bits per heavy atom. The summed E-state index contributed by atoms with van der Waals surface area (Å²) in [4.78, 5) is 23.8. The number of allylic oxidation sites excluding steroid dienone is 1. The fourth-order valence-electron chi connectivity index (χ4n) is 2.35. The smallest absolute Gasteiger partial charge is 0.249 e. The van der Waals surface area contributed by atoms with Gasteiger partial charge < -0.3 is 15.2 Å². The summed E-state index contributed by atoms with van der Waals surface area (Å²) in [7, 11) is 1.44. The minimum absolute atomic E-state index is 0.0276. The van der Waals surface area contributed by atoms with Crippen LogP contribution in [0.15, 0.2) is 54.2 Å². The molecule has 2 aromatic rings. The minimum atomic E-state index is -0.585. The molecular formula is C20H20ClN3O4. The second kappa shape index (κ2) is 10.1. The van der Waals surface area contributed by atoms with Crippen LogP contribution in [0, 0.1) is 0 Å². The Labute approximate surface area is 167 Å². The molecular weight excluding hydrogens is 382 g/mol. The molecule has 0 heterocycles. The van der Waals surface area contributed by atoms with E-state index in [2.05, 4.69) is 22.4 Å². The van der Waals surface area contributed by atoms with Gasteiger partial charge in [-0.15, -0.1) is 6.58 Å². The van der Waals surface area contributed by atoms with E-state index in [1.54, 1.807) is 42.5 Å². The number of amides is 2. The Hall–Kier alpha value is -3.32. The van der Waals surface area contributed by atoms with Crippen LogP contribution in [0.3, 0.4) is 0 Å². The molecule has 3 N–H and O–H groups in total. The van der Waals surface area contributed by atoms with Gasteiger partial charge in [0.25, 0.3) is 0 Å². The first-order valence-corrected chi connectivity index (χ1v) is 8.69. The lowest BCUT2D eigenvalue weighted by atomic mass is 10.1. The van der Waals surface area contributed by atoms with Crippen molar-refractivity contribution in [1.29, 1.82) is 0 Å². The van der Waals surface area contributed by atoms with Gasteiger partial charge in [-0.2, -0.15) is 5.10 Å². The SMILES string of the molecule is C=CCc1cc(/C=N/NC(=O)CC(=O)Nc2ccccc2Cl)cc(OC)c1O. The summed E-state index contributed by atoms with van der Waals surface area (Å²) < 4.78 is 5.12. The molecule has 146 valence electrons. The molecule has 0 unspecified atom stereocenters. The van der Waals surface area contributed by atoms with Crippen molar-refractivity contribution < 1.29 is 19.4 Å². The van der Waals surface area contributed by atoms with Crippen LogP contribution in [0.25, 0.3) is 0 Å². The Bertz CT molecular complexity index is 912. The number of carbonyl (C=O) groups excluding carboxylic acids is 2. The number of phenols is 1. The van der Waals surface area contributed by atoms with E-state index in [4.69, 9.17) is 16.3 Å². The van der Waals surface area contributed by atoms with Gasteiger partial charge in [0, 0.05) is 5.56 Å². The quantitative estimate of drug-likeness (QED) is 0.273. The third-order valence-electron chi connectivity index (χ3n) is 3.63. The van der Waals surface area contributed by atoms with E-state index in [0.717, 1.165) is 0 Å². The number of hydrogen-bond donors (Lipinski definition) is 3. The molecule has 0 aliphatic heterocycles. The summed E-state index contributed by atoms with van der Waals surface area (Å²) in [6.07, 6.45) is 3.06. The fraction of sp³-hybridized carbons (Fsp3) is 0.150. The number of carbonyl (C=O) groups is 2. The van der Waals surface area contributed by atoms with E-state index in [-0.39, 0.29) is 11.5 Å². The molecule has 0 aromatic heterocycles. The van der Waals surface area contributed by atoms with Crippen LogP contribution in [0.4, 0.5) is 5.69 Å². The summed E-state index contributed by atoms with van der Waals surface area (Å²) in [5.41, 5.74) is 3.92. The number of hydrazone groups is 1. The van der Waals surface area contributed by atoms with E-state index in [0.29, 0.717) is 28.3 Å². The lowest BCUT2D eigenvalue weighted by Gasteiger charge is -2.09. The van der Waals surface area contributed by atoms with Crippen molar-refractivity contribution in [2.45, 2.75) is 12.8 Å². The average Bonchev–Trinajstić information content (AvgIpc) is 2.66. The van der Waals surface area contributed by atoms with E-state index in [1.165, 1.54) is 13.3 Å². The molecule has 7 nitrogen and oxygen atoms in total. The molecule has 8 heteroatoms. The van der Waals surface area contributed by atoms with Crippen LogP contribution in [0.5, 0.6) is 11.5 Å². The molecule has 0 spiro atoms. The van der Waals surface area contributed by atoms with Crippen molar-refractivity contribution in [3.63, 3.8) is 0 Å². The van der Waals surface area contributed by atoms with Crippen LogP contribution in [-0.2, 0) is 16.0 Å². The molecule has 0 fully saturated rings. The van der Waals surface area contributed by atoms with Gasteiger partial charge in [-0.25, -0.2) is 5.43 Å². The summed E-state index contributed by atoms with van der Waals surface area (Å²) in [6, 6.07) is 9.99. The molecule has 2 aromatic carbocycles. The normalized spacial score (nSPS) is 10.5. The first-order valence-electron chi connectivity index (χ1n) is 8.31. The largest absolute Gasteiger partial charge is 0.504 e. The molecule has 0 saturated carbocycles. The Morgan fingerprint density at radius 3 is 2.71 bits per heavy atom. The monoisotopic (exact) mass is 401 g/mol. The van der Waals surface area contributed by atoms with Crippen molar-refractivity contribution in [1.82, 2.24) is 5.43 Å². The van der Waals surface area contributed by atoms with Gasteiger partial charge in [0.2, 0.25) is 11.8 Å². The van der Waals surface area contributed by atoms with Crippen LogP contribution < -0.4 is 15.5 Å². The third-order valence-corrected chi connectivity index (χ3v) is 3.96. The van der Waals surface area contributed by atoms with Gasteiger partial charge in [-0.3, -0.25) is 9.59 Å². The Balaban J connectivity index is 1.95. The second-order valence-corrected chi connectivity index (χ2v) is 6.13. The van der Waals surface area contributed by atoms with Crippen LogP contribution >= 0.6 is 11.6 Å². The van der Waals surface area contributed by atoms with Crippen molar-refractivity contribution in [3.8, 4) is 11.5 Å². The van der Waals surface area contributed by atoms with Gasteiger partial charge in [-0.05, 0) is 36.2 Å². The second-order valence-electron chi connectivity index (χ2n) is 5.72. The predicted octanol–water partition coefficient (Wildman–Crippen LogP) is 3.26. The molecule has 0 aliphatic carbocycles. The zero-order valence-electron chi connectivity index (χ0n) is 15.2. The predicted molar refractivity (Wildman–Crippen MR) is 109 cm³/mol. The van der Waals surface area contributed by atoms with Crippen molar-refractivity contribution in [2.24, 2.45) is 5.10 Å². The first kappa shape index (κ1) is 21.0. The van der Waals surface area contributed by atoms with E-state index < -0.39 is 18.2 Å². The van der Waals surface area contributed by atoms with Crippen molar-refractivity contribution in [3.05, 3.63) is 65.2 Å². The van der Waals surface area contributed by atoms with Crippen molar-refractivity contribution >= 4 is 35.3 Å². The summed E-state index contributed by atoms with van der Waals surface area (Å²) in [5, 5.41) is 16.8. The maximum Gasteiger partial charge on any atom is 0.249 e. The average molecular weight is 402 g/mol. The number of anilines is 1. The van der Waals surface area contributed by atoms with Crippen LogP contribution in [-0.4, -0.2) is 30.2 Å². The van der Waals surface area contributed by atoms with Gasteiger partial charge in [0.15, 0.2) is 11.5 Å². The van der Waals surface area contributed by atoms with Gasteiger partial charge in [0.05, 0.1) is 24.0 Å². The third kappa shape index (κ3) is 5.85. The number of benzene rings is 2. The maximum atomic E-state index is 11.9. The number of methoxy groups -OCH3 is 1. The molecule has 0 saturated heterocycles. The number of halogens is 1. The number of hydrogen-bond acceptors (Lipinski definition) is 5. The summed E-state index contributed by atoms with van der Waals surface area (Å²) >= 11 is 5.95. The number of phenolic OH excluding ortho intramolecular Hbond substituents is 1. The van der Waals surface area contributed by atoms with Crippen LogP contribution in [0.1, 0.15) is 17.5 Å². The highest BCUT2D eigenvalue weighted by Crippen LogP contribution is 2.31. The number of nitrogens with zero attached hydrogens (tertiary/aromatic N) is 1.